The molecule has 0 spiro atoms. The SMILES string of the molecule is O=NN1CCC(NC(=O)c2ccc(Cl)c(Cl)c2)CC1. The van der Waals surface area contributed by atoms with Crippen LogP contribution in [0.2, 0.25) is 10.0 Å². The Morgan fingerprint density at radius 2 is 1.95 bits per heavy atom. The van der Waals surface area contributed by atoms with Gasteiger partial charge in [-0.1, -0.05) is 23.2 Å². The van der Waals surface area contributed by atoms with E-state index in [1.54, 1.807) is 18.2 Å². The molecular formula is C12H13Cl2N3O2. The summed E-state index contributed by atoms with van der Waals surface area (Å²) in [6.07, 6.45) is 1.41. The minimum Gasteiger partial charge on any atom is -0.349 e. The monoisotopic (exact) mass is 301 g/mol. The maximum absolute atomic E-state index is 12.0. The van der Waals surface area contributed by atoms with Crippen molar-refractivity contribution in [3.63, 3.8) is 0 Å². The summed E-state index contributed by atoms with van der Waals surface area (Å²) in [6.45, 7) is 1.13. The van der Waals surface area contributed by atoms with Crippen LogP contribution in [-0.2, 0) is 0 Å². The smallest absolute Gasteiger partial charge is 0.251 e. The molecule has 0 aromatic heterocycles. The molecule has 0 unspecified atom stereocenters. The van der Waals surface area contributed by atoms with Crippen LogP contribution in [-0.4, -0.2) is 30.0 Å². The standard InChI is InChI=1S/C12H13Cl2N3O2/c13-10-2-1-8(7-11(10)14)12(18)15-9-3-5-17(16-19)6-4-9/h1-2,7,9H,3-6H2,(H,15,18). The first-order valence-electron chi connectivity index (χ1n) is 5.94. The van der Waals surface area contributed by atoms with Crippen molar-refractivity contribution < 1.29 is 4.79 Å². The molecule has 1 aromatic rings. The van der Waals surface area contributed by atoms with E-state index in [2.05, 4.69) is 10.6 Å². The molecule has 1 aliphatic rings. The topological polar surface area (TPSA) is 61.8 Å². The molecule has 1 amide bonds. The number of nitroso groups, excluding NO2 is 1. The quantitative estimate of drug-likeness (QED) is 0.873. The van der Waals surface area contributed by atoms with Crippen molar-refractivity contribution in [2.45, 2.75) is 18.9 Å². The Kier molecular flexibility index (Phi) is 4.61. The molecule has 0 bridgehead atoms. The number of piperidine rings is 1. The number of nitrogens with one attached hydrogen (secondary N) is 1. The first-order valence-corrected chi connectivity index (χ1v) is 6.70. The molecule has 1 fully saturated rings. The molecule has 0 radical (unpaired) electrons. The predicted molar refractivity (Wildman–Crippen MR) is 74.3 cm³/mol. The summed E-state index contributed by atoms with van der Waals surface area (Å²) in [5, 5.41) is 8.03. The van der Waals surface area contributed by atoms with Crippen molar-refractivity contribution in [1.82, 2.24) is 10.3 Å². The van der Waals surface area contributed by atoms with Crippen LogP contribution in [0.1, 0.15) is 23.2 Å². The summed E-state index contributed by atoms with van der Waals surface area (Å²) in [5.41, 5.74) is 0.477. The fourth-order valence-corrected chi connectivity index (χ4v) is 2.30. The van der Waals surface area contributed by atoms with E-state index in [0.29, 0.717) is 41.5 Å². The van der Waals surface area contributed by atoms with Crippen molar-refractivity contribution in [3.8, 4) is 0 Å². The zero-order valence-corrected chi connectivity index (χ0v) is 11.6. The Balaban J connectivity index is 1.94. The van der Waals surface area contributed by atoms with Gasteiger partial charge in [0.25, 0.3) is 5.91 Å². The van der Waals surface area contributed by atoms with Gasteiger partial charge in [-0.2, -0.15) is 0 Å². The zero-order chi connectivity index (χ0) is 13.8. The Labute approximate surface area is 120 Å². The van der Waals surface area contributed by atoms with Crippen molar-refractivity contribution in [1.29, 1.82) is 0 Å². The molecule has 1 aromatic carbocycles. The van der Waals surface area contributed by atoms with Crippen LogP contribution < -0.4 is 5.32 Å². The fraction of sp³-hybridized carbons (Fsp3) is 0.417. The van der Waals surface area contributed by atoms with Crippen molar-refractivity contribution in [2.75, 3.05) is 13.1 Å². The number of carbonyl (C=O) groups excluding carboxylic acids is 1. The van der Waals surface area contributed by atoms with E-state index in [1.165, 1.54) is 5.01 Å². The van der Waals surface area contributed by atoms with Crippen molar-refractivity contribution in [3.05, 3.63) is 38.7 Å². The molecule has 1 aliphatic heterocycles. The maximum Gasteiger partial charge on any atom is 0.251 e. The minimum atomic E-state index is -0.184. The molecule has 102 valence electrons. The molecule has 1 saturated heterocycles. The summed E-state index contributed by atoms with van der Waals surface area (Å²) >= 11 is 11.7. The average molecular weight is 302 g/mol. The van der Waals surface area contributed by atoms with Crippen molar-refractivity contribution in [2.24, 2.45) is 5.29 Å². The van der Waals surface area contributed by atoms with E-state index in [-0.39, 0.29) is 11.9 Å². The third-order valence-corrected chi connectivity index (χ3v) is 3.84. The van der Waals surface area contributed by atoms with Gasteiger partial charge in [0.1, 0.15) is 0 Å². The number of amides is 1. The number of carbonyl (C=O) groups is 1. The van der Waals surface area contributed by atoms with Gasteiger partial charge in [-0.05, 0) is 31.0 Å². The molecule has 0 aliphatic carbocycles. The highest BCUT2D eigenvalue weighted by Crippen LogP contribution is 2.22. The Morgan fingerprint density at radius 3 is 2.53 bits per heavy atom. The van der Waals surface area contributed by atoms with Gasteiger partial charge in [0.05, 0.1) is 15.3 Å². The number of hydrogen-bond acceptors (Lipinski definition) is 3. The largest absolute Gasteiger partial charge is 0.349 e. The third-order valence-electron chi connectivity index (χ3n) is 3.10. The molecule has 7 heteroatoms. The van der Waals surface area contributed by atoms with Gasteiger partial charge < -0.3 is 5.32 Å². The summed E-state index contributed by atoms with van der Waals surface area (Å²) < 4.78 is 0. The van der Waals surface area contributed by atoms with Crippen LogP contribution in [0, 0.1) is 4.91 Å². The summed E-state index contributed by atoms with van der Waals surface area (Å²) in [6, 6.07) is 4.82. The predicted octanol–water partition coefficient (Wildman–Crippen LogP) is 2.87. The van der Waals surface area contributed by atoms with Gasteiger partial charge in [0.2, 0.25) is 0 Å². The van der Waals surface area contributed by atoms with E-state index >= 15 is 0 Å². The fourth-order valence-electron chi connectivity index (χ4n) is 2.00. The normalized spacial score (nSPS) is 16.2. The highest BCUT2D eigenvalue weighted by molar-refractivity contribution is 6.42. The number of benzene rings is 1. The lowest BCUT2D eigenvalue weighted by Crippen LogP contribution is -2.42. The molecule has 19 heavy (non-hydrogen) atoms. The molecule has 1 N–H and O–H groups in total. The second-order valence-electron chi connectivity index (χ2n) is 4.41. The zero-order valence-electron chi connectivity index (χ0n) is 10.1. The first-order chi connectivity index (χ1) is 9.10. The van der Waals surface area contributed by atoms with Gasteiger partial charge in [-0.25, -0.2) is 0 Å². The molecule has 5 nitrogen and oxygen atoms in total. The van der Waals surface area contributed by atoms with Crippen LogP contribution in [0.3, 0.4) is 0 Å². The van der Waals surface area contributed by atoms with Gasteiger partial charge in [-0.3, -0.25) is 9.80 Å². The molecule has 0 saturated carbocycles. The highest BCUT2D eigenvalue weighted by atomic mass is 35.5. The van der Waals surface area contributed by atoms with Crippen LogP contribution >= 0.6 is 23.2 Å². The van der Waals surface area contributed by atoms with Crippen LogP contribution in [0.4, 0.5) is 0 Å². The molecule has 2 rings (SSSR count). The maximum atomic E-state index is 12.0. The minimum absolute atomic E-state index is 0.0555. The van der Waals surface area contributed by atoms with Crippen LogP contribution in [0.25, 0.3) is 0 Å². The Hall–Kier alpha value is -1.33. The number of hydrogen-bond donors (Lipinski definition) is 1. The number of nitrogens with zero attached hydrogens (tertiary/aromatic N) is 2. The van der Waals surface area contributed by atoms with Crippen LogP contribution in [0.5, 0.6) is 0 Å². The lowest BCUT2D eigenvalue weighted by molar-refractivity contribution is 0.0911. The van der Waals surface area contributed by atoms with E-state index in [9.17, 15) is 9.70 Å². The second kappa shape index (κ2) is 6.21. The second-order valence-corrected chi connectivity index (χ2v) is 5.23. The summed E-state index contributed by atoms with van der Waals surface area (Å²) in [4.78, 5) is 22.4. The molecule has 0 atom stereocenters. The van der Waals surface area contributed by atoms with Gasteiger partial charge in [0, 0.05) is 24.7 Å². The van der Waals surface area contributed by atoms with E-state index in [0.717, 1.165) is 0 Å². The van der Waals surface area contributed by atoms with Gasteiger partial charge in [-0.15, -0.1) is 4.91 Å². The van der Waals surface area contributed by atoms with Crippen molar-refractivity contribution >= 4 is 29.1 Å². The molecule has 1 heterocycles. The van der Waals surface area contributed by atoms with Crippen LogP contribution in [0.15, 0.2) is 23.5 Å². The van der Waals surface area contributed by atoms with E-state index in [1.807, 2.05) is 0 Å². The highest BCUT2D eigenvalue weighted by Gasteiger charge is 2.21. The summed E-state index contributed by atoms with van der Waals surface area (Å²) in [5.74, 6) is -0.184. The average Bonchev–Trinajstić information content (AvgIpc) is 2.42. The Bertz CT molecular complexity index is 488. The lowest BCUT2D eigenvalue weighted by atomic mass is 10.1. The van der Waals surface area contributed by atoms with Gasteiger partial charge in [0.15, 0.2) is 0 Å². The molecular weight excluding hydrogens is 289 g/mol. The number of rotatable bonds is 3. The van der Waals surface area contributed by atoms with E-state index < -0.39 is 0 Å². The Morgan fingerprint density at radius 1 is 1.26 bits per heavy atom. The third kappa shape index (κ3) is 3.58. The summed E-state index contributed by atoms with van der Waals surface area (Å²) in [7, 11) is 0. The first kappa shape index (κ1) is 14.1. The van der Waals surface area contributed by atoms with Gasteiger partial charge >= 0.3 is 0 Å². The number of halogens is 2. The lowest BCUT2D eigenvalue weighted by Gasteiger charge is -2.28. The van der Waals surface area contributed by atoms with E-state index in [4.69, 9.17) is 23.2 Å².